The van der Waals surface area contributed by atoms with Gasteiger partial charge in [0.25, 0.3) is 0 Å². The number of rotatable bonds is 4. The molecule has 2 rings (SSSR count). The lowest BCUT2D eigenvalue weighted by Gasteiger charge is -2.23. The molecule has 0 bridgehead atoms. The van der Waals surface area contributed by atoms with Crippen LogP contribution in [-0.2, 0) is 9.47 Å². The molecule has 5 heteroatoms. The van der Waals surface area contributed by atoms with Crippen LogP contribution in [0.3, 0.4) is 0 Å². The molecule has 5 nitrogen and oxygen atoms in total. The largest absolute Gasteiger partial charge is 0.444 e. The summed E-state index contributed by atoms with van der Waals surface area (Å²) >= 11 is 0. The van der Waals surface area contributed by atoms with Crippen molar-refractivity contribution in [3.63, 3.8) is 0 Å². The Morgan fingerprint density at radius 3 is 2.60 bits per heavy atom. The third-order valence-electron chi connectivity index (χ3n) is 3.94. The Hall–Kier alpha value is -0.810. The maximum atomic E-state index is 11.6. The van der Waals surface area contributed by atoms with E-state index in [4.69, 9.17) is 15.2 Å². The number of nitrogens with two attached hydrogens (primary N) is 1. The summed E-state index contributed by atoms with van der Waals surface area (Å²) in [6, 6.07) is 0.0121. The number of ether oxygens (including phenoxy) is 2. The highest BCUT2D eigenvalue weighted by Crippen LogP contribution is 2.31. The first-order valence-corrected chi connectivity index (χ1v) is 7.76. The van der Waals surface area contributed by atoms with E-state index in [1.54, 1.807) is 0 Å². The summed E-state index contributed by atoms with van der Waals surface area (Å²) in [5.41, 5.74) is 5.70. The van der Waals surface area contributed by atoms with Crippen molar-refractivity contribution in [3.8, 4) is 0 Å². The van der Waals surface area contributed by atoms with Crippen molar-refractivity contribution in [1.82, 2.24) is 5.32 Å². The second kappa shape index (κ2) is 6.31. The number of hydrogen-bond donors (Lipinski definition) is 2. The molecular weight excluding hydrogens is 256 g/mol. The monoisotopic (exact) mass is 284 g/mol. The van der Waals surface area contributed by atoms with Crippen LogP contribution in [0, 0.1) is 5.92 Å². The van der Waals surface area contributed by atoms with Gasteiger partial charge in [0.15, 0.2) is 6.23 Å². The van der Waals surface area contributed by atoms with Gasteiger partial charge in [0.2, 0.25) is 0 Å². The summed E-state index contributed by atoms with van der Waals surface area (Å²) in [5, 5.41) is 2.72. The summed E-state index contributed by atoms with van der Waals surface area (Å²) < 4.78 is 10.7. The molecule has 2 fully saturated rings. The topological polar surface area (TPSA) is 76.9 Å². The molecule has 3 N–H and O–H groups in total. The molecule has 0 spiro atoms. The van der Waals surface area contributed by atoms with Gasteiger partial charge in [-0.1, -0.05) is 32.1 Å². The maximum absolute atomic E-state index is 11.6. The van der Waals surface area contributed by atoms with E-state index in [1.165, 1.54) is 32.1 Å². The first-order chi connectivity index (χ1) is 9.35. The highest BCUT2D eigenvalue weighted by atomic mass is 16.6. The molecule has 1 saturated carbocycles. The lowest BCUT2D eigenvalue weighted by Crippen LogP contribution is -2.38. The Labute approximate surface area is 121 Å². The van der Waals surface area contributed by atoms with Crippen LogP contribution in [0.15, 0.2) is 0 Å². The third-order valence-corrected chi connectivity index (χ3v) is 3.94. The molecule has 0 aromatic heterocycles. The van der Waals surface area contributed by atoms with E-state index < -0.39 is 11.7 Å². The number of carbonyl (C=O) groups excluding carboxylic acids is 1. The molecule has 0 radical (unpaired) electrons. The summed E-state index contributed by atoms with van der Waals surface area (Å²) in [6.07, 6.45) is 6.80. The molecule has 1 unspecified atom stereocenters. The van der Waals surface area contributed by atoms with Crippen LogP contribution in [0.1, 0.15) is 59.3 Å². The standard InChI is InChI=1S/C15H28N2O3/c1-15(2,3)20-14(18)17-13-12(19-13)11(16)9-10-7-5-4-6-8-10/h10-13H,4-9,16H2,1-3H3,(H,17,18)/t11-,12-,13?/m0/s1. The number of amides is 1. The number of carbonyl (C=O) groups is 1. The quantitative estimate of drug-likeness (QED) is 0.778. The predicted molar refractivity (Wildman–Crippen MR) is 77.2 cm³/mol. The molecule has 1 amide bonds. The van der Waals surface area contributed by atoms with Crippen molar-refractivity contribution in [2.75, 3.05) is 0 Å². The Balaban J connectivity index is 1.67. The number of nitrogens with one attached hydrogen (secondary N) is 1. The molecule has 1 heterocycles. The predicted octanol–water partition coefficient (Wildman–Crippen LogP) is 2.53. The zero-order valence-corrected chi connectivity index (χ0v) is 12.9. The second-order valence-electron chi connectivity index (χ2n) is 7.07. The summed E-state index contributed by atoms with van der Waals surface area (Å²) in [6.45, 7) is 5.52. The molecular formula is C15H28N2O3. The molecule has 0 aromatic rings. The molecule has 116 valence electrons. The Kier molecular flexibility index (Phi) is 4.91. The zero-order chi connectivity index (χ0) is 14.8. The number of alkyl carbamates (subject to hydrolysis) is 1. The van der Waals surface area contributed by atoms with Crippen LogP contribution in [-0.4, -0.2) is 30.1 Å². The minimum absolute atomic E-state index is 0.0121. The van der Waals surface area contributed by atoms with Gasteiger partial charge in [-0.3, -0.25) is 5.32 Å². The highest BCUT2D eigenvalue weighted by Gasteiger charge is 2.45. The highest BCUT2D eigenvalue weighted by molar-refractivity contribution is 5.68. The lowest BCUT2D eigenvalue weighted by atomic mass is 9.84. The van der Waals surface area contributed by atoms with E-state index in [0.717, 1.165) is 12.3 Å². The average Bonchev–Trinajstić information content (AvgIpc) is 3.07. The summed E-state index contributed by atoms with van der Waals surface area (Å²) in [7, 11) is 0. The summed E-state index contributed by atoms with van der Waals surface area (Å²) in [4.78, 5) is 11.6. The second-order valence-corrected chi connectivity index (χ2v) is 7.07. The van der Waals surface area contributed by atoms with E-state index in [0.29, 0.717) is 0 Å². The fourth-order valence-corrected chi connectivity index (χ4v) is 2.93. The molecule has 1 aliphatic heterocycles. The van der Waals surface area contributed by atoms with Crippen molar-refractivity contribution >= 4 is 6.09 Å². The minimum Gasteiger partial charge on any atom is -0.444 e. The Bertz CT molecular complexity index is 335. The van der Waals surface area contributed by atoms with Crippen LogP contribution >= 0.6 is 0 Å². The minimum atomic E-state index is -0.487. The van der Waals surface area contributed by atoms with Crippen molar-refractivity contribution in [3.05, 3.63) is 0 Å². The third kappa shape index (κ3) is 4.94. The van der Waals surface area contributed by atoms with Crippen LogP contribution < -0.4 is 11.1 Å². The molecule has 3 atom stereocenters. The molecule has 1 saturated heterocycles. The number of epoxide rings is 1. The molecule has 20 heavy (non-hydrogen) atoms. The Morgan fingerprint density at radius 2 is 2.00 bits per heavy atom. The van der Waals surface area contributed by atoms with Gasteiger partial charge in [-0.05, 0) is 33.1 Å². The smallest absolute Gasteiger partial charge is 0.409 e. The van der Waals surface area contributed by atoms with E-state index >= 15 is 0 Å². The van der Waals surface area contributed by atoms with Gasteiger partial charge in [-0.15, -0.1) is 0 Å². The van der Waals surface area contributed by atoms with Crippen LogP contribution in [0.4, 0.5) is 4.79 Å². The fourth-order valence-electron chi connectivity index (χ4n) is 2.93. The van der Waals surface area contributed by atoms with Crippen molar-refractivity contribution in [1.29, 1.82) is 0 Å². The van der Waals surface area contributed by atoms with Crippen LogP contribution in [0.5, 0.6) is 0 Å². The van der Waals surface area contributed by atoms with E-state index in [9.17, 15) is 4.79 Å². The Morgan fingerprint density at radius 1 is 1.35 bits per heavy atom. The zero-order valence-electron chi connectivity index (χ0n) is 12.9. The van der Waals surface area contributed by atoms with Gasteiger partial charge < -0.3 is 15.2 Å². The van der Waals surface area contributed by atoms with Crippen LogP contribution in [0.25, 0.3) is 0 Å². The average molecular weight is 284 g/mol. The maximum Gasteiger partial charge on any atom is 0.409 e. The van der Waals surface area contributed by atoms with Gasteiger partial charge >= 0.3 is 6.09 Å². The first kappa shape index (κ1) is 15.6. The fraction of sp³-hybridized carbons (Fsp3) is 0.933. The van der Waals surface area contributed by atoms with Gasteiger partial charge in [0, 0.05) is 6.04 Å². The van der Waals surface area contributed by atoms with Crippen molar-refractivity contribution < 1.29 is 14.3 Å². The molecule has 0 aromatic carbocycles. The van der Waals surface area contributed by atoms with Gasteiger partial charge in [0.05, 0.1) is 0 Å². The normalized spacial score (nSPS) is 28.8. The summed E-state index contributed by atoms with van der Waals surface area (Å²) in [5.74, 6) is 0.727. The van der Waals surface area contributed by atoms with E-state index in [1.807, 2.05) is 20.8 Å². The van der Waals surface area contributed by atoms with Gasteiger partial charge in [0.1, 0.15) is 11.7 Å². The number of hydrogen-bond acceptors (Lipinski definition) is 4. The van der Waals surface area contributed by atoms with Crippen molar-refractivity contribution in [2.45, 2.75) is 83.3 Å². The van der Waals surface area contributed by atoms with Gasteiger partial charge in [-0.25, -0.2) is 4.79 Å². The lowest BCUT2D eigenvalue weighted by molar-refractivity contribution is 0.0503. The SMILES string of the molecule is CC(C)(C)OC(=O)NC1O[C@H]1[C@@H](N)CC1CCCCC1. The van der Waals surface area contributed by atoms with E-state index in [-0.39, 0.29) is 18.4 Å². The van der Waals surface area contributed by atoms with Crippen molar-refractivity contribution in [2.24, 2.45) is 11.7 Å². The van der Waals surface area contributed by atoms with E-state index in [2.05, 4.69) is 5.32 Å². The molecule has 1 aliphatic carbocycles. The first-order valence-electron chi connectivity index (χ1n) is 7.76. The molecule has 2 aliphatic rings. The van der Waals surface area contributed by atoms with Gasteiger partial charge in [-0.2, -0.15) is 0 Å². The van der Waals surface area contributed by atoms with Crippen LogP contribution in [0.2, 0.25) is 0 Å².